The van der Waals surface area contributed by atoms with Gasteiger partial charge in [-0.3, -0.25) is 19.8 Å². The molecule has 3 unspecified atom stereocenters. The lowest BCUT2D eigenvalue weighted by atomic mass is 9.82. The van der Waals surface area contributed by atoms with E-state index in [9.17, 15) is 9.59 Å². The Hall–Kier alpha value is -2.70. The Morgan fingerprint density at radius 3 is 2.42 bits per heavy atom. The van der Waals surface area contributed by atoms with Gasteiger partial charge < -0.3 is 10.2 Å². The average molecular weight is 419 g/mol. The van der Waals surface area contributed by atoms with E-state index in [2.05, 4.69) is 27.7 Å². The maximum Gasteiger partial charge on any atom is 0.253 e. The Labute approximate surface area is 183 Å². The molecule has 2 aromatic rings. The summed E-state index contributed by atoms with van der Waals surface area (Å²) in [5.74, 6) is 0.375. The third-order valence-electron chi connectivity index (χ3n) is 6.94. The summed E-state index contributed by atoms with van der Waals surface area (Å²) in [6, 6.07) is 18.3. The van der Waals surface area contributed by atoms with Crippen molar-refractivity contribution in [2.75, 3.05) is 26.2 Å². The zero-order chi connectivity index (χ0) is 21.2. The predicted molar refractivity (Wildman–Crippen MR) is 120 cm³/mol. The van der Waals surface area contributed by atoms with Gasteiger partial charge in [-0.15, -0.1) is 0 Å². The van der Waals surface area contributed by atoms with Gasteiger partial charge in [-0.2, -0.15) is 0 Å². The van der Waals surface area contributed by atoms with Crippen LogP contribution in [0.15, 0.2) is 54.6 Å². The van der Waals surface area contributed by atoms with Crippen LogP contribution in [0.25, 0.3) is 11.1 Å². The summed E-state index contributed by atoms with van der Waals surface area (Å²) in [7, 11) is 0. The van der Waals surface area contributed by atoms with Crippen molar-refractivity contribution in [3.05, 3.63) is 60.2 Å². The van der Waals surface area contributed by atoms with Gasteiger partial charge in [-0.25, -0.2) is 0 Å². The quantitative estimate of drug-likeness (QED) is 0.805. The molecule has 2 heterocycles. The van der Waals surface area contributed by atoms with Crippen LogP contribution >= 0.6 is 0 Å². The smallest absolute Gasteiger partial charge is 0.253 e. The first-order valence-electron chi connectivity index (χ1n) is 11.4. The third-order valence-corrected chi connectivity index (χ3v) is 6.94. The highest BCUT2D eigenvalue weighted by atomic mass is 16.2. The molecule has 1 saturated carbocycles. The van der Waals surface area contributed by atoms with E-state index < -0.39 is 0 Å². The number of piperazine rings is 1. The second-order valence-corrected chi connectivity index (χ2v) is 8.85. The normalized spacial score (nSPS) is 26.8. The van der Waals surface area contributed by atoms with Crippen LogP contribution in [0.1, 0.15) is 36.0 Å². The number of benzene rings is 2. The number of amides is 2. The lowest BCUT2D eigenvalue weighted by Gasteiger charge is -2.46. The highest BCUT2D eigenvalue weighted by molar-refractivity contribution is 5.95. The van der Waals surface area contributed by atoms with Crippen LogP contribution in [-0.2, 0) is 4.79 Å². The minimum absolute atomic E-state index is 0.0745. The molecule has 1 aliphatic carbocycles. The number of fused-ring (bicyclic) bond motifs is 1. The van der Waals surface area contributed by atoms with Crippen LogP contribution < -0.4 is 10.6 Å². The number of carbonyl (C=O) groups is 2. The number of rotatable bonds is 3. The van der Waals surface area contributed by atoms with Crippen molar-refractivity contribution in [1.29, 1.82) is 0 Å². The van der Waals surface area contributed by atoms with Crippen LogP contribution in [0.4, 0.5) is 0 Å². The van der Waals surface area contributed by atoms with Gasteiger partial charge in [0.05, 0.1) is 5.92 Å². The van der Waals surface area contributed by atoms with Crippen LogP contribution in [0.2, 0.25) is 0 Å². The molecule has 6 nitrogen and oxygen atoms in total. The second-order valence-electron chi connectivity index (χ2n) is 8.85. The van der Waals surface area contributed by atoms with Crippen molar-refractivity contribution < 1.29 is 9.59 Å². The Morgan fingerprint density at radius 1 is 0.871 bits per heavy atom. The van der Waals surface area contributed by atoms with E-state index in [4.69, 9.17) is 0 Å². The molecule has 5 rings (SSSR count). The SMILES string of the molecule is O=C1NC(N2CCN(C(=O)c3cccc(-c4ccccc4)c3)CC2)NC2CCCCC12. The third kappa shape index (κ3) is 4.23. The molecule has 3 atom stereocenters. The molecule has 162 valence electrons. The Balaban J connectivity index is 1.21. The fourth-order valence-corrected chi connectivity index (χ4v) is 5.16. The van der Waals surface area contributed by atoms with Crippen molar-refractivity contribution in [2.24, 2.45) is 5.92 Å². The van der Waals surface area contributed by atoms with Crippen molar-refractivity contribution in [3.8, 4) is 11.1 Å². The summed E-state index contributed by atoms with van der Waals surface area (Å²) in [4.78, 5) is 29.9. The van der Waals surface area contributed by atoms with E-state index in [1.807, 2.05) is 47.4 Å². The van der Waals surface area contributed by atoms with Gasteiger partial charge in [0.25, 0.3) is 5.91 Å². The average Bonchev–Trinajstić information content (AvgIpc) is 2.84. The van der Waals surface area contributed by atoms with Crippen molar-refractivity contribution in [1.82, 2.24) is 20.4 Å². The van der Waals surface area contributed by atoms with Crippen molar-refractivity contribution >= 4 is 11.8 Å². The molecule has 2 N–H and O–H groups in total. The largest absolute Gasteiger partial charge is 0.336 e. The summed E-state index contributed by atoms with van der Waals surface area (Å²) >= 11 is 0. The minimum atomic E-state index is -0.120. The van der Waals surface area contributed by atoms with Crippen LogP contribution in [0, 0.1) is 5.92 Å². The van der Waals surface area contributed by atoms with Gasteiger partial charge in [0.15, 0.2) is 0 Å². The minimum Gasteiger partial charge on any atom is -0.336 e. The Kier molecular flexibility index (Phi) is 5.74. The highest BCUT2D eigenvalue weighted by Gasteiger charge is 2.39. The monoisotopic (exact) mass is 418 g/mol. The fraction of sp³-hybridized carbons (Fsp3) is 0.440. The van der Waals surface area contributed by atoms with Crippen LogP contribution in [0.5, 0.6) is 0 Å². The van der Waals surface area contributed by atoms with Gasteiger partial charge in [0.1, 0.15) is 6.29 Å². The molecule has 0 bridgehead atoms. The molecule has 0 radical (unpaired) electrons. The number of nitrogens with one attached hydrogen (secondary N) is 2. The summed E-state index contributed by atoms with van der Waals surface area (Å²) in [5, 5.41) is 6.81. The van der Waals surface area contributed by atoms with Gasteiger partial charge in [0.2, 0.25) is 5.91 Å². The van der Waals surface area contributed by atoms with Crippen LogP contribution in [-0.4, -0.2) is 60.1 Å². The van der Waals surface area contributed by atoms with Crippen molar-refractivity contribution in [2.45, 2.75) is 38.0 Å². The molecule has 3 aliphatic rings. The lowest BCUT2D eigenvalue weighted by Crippen LogP contribution is -2.69. The number of hydrogen-bond donors (Lipinski definition) is 2. The molecular formula is C25H30N4O2. The molecule has 2 aliphatic heterocycles. The van der Waals surface area contributed by atoms with E-state index in [1.54, 1.807) is 0 Å². The molecule has 0 spiro atoms. The van der Waals surface area contributed by atoms with E-state index >= 15 is 0 Å². The van der Waals surface area contributed by atoms with Gasteiger partial charge in [-0.1, -0.05) is 55.3 Å². The van der Waals surface area contributed by atoms with E-state index in [1.165, 1.54) is 6.42 Å². The molecule has 0 aromatic heterocycles. The van der Waals surface area contributed by atoms with Crippen molar-refractivity contribution in [3.63, 3.8) is 0 Å². The number of carbonyl (C=O) groups excluding carboxylic acids is 2. The predicted octanol–water partition coefficient (Wildman–Crippen LogP) is 2.67. The topological polar surface area (TPSA) is 64.7 Å². The molecular weight excluding hydrogens is 388 g/mol. The van der Waals surface area contributed by atoms with Gasteiger partial charge in [0, 0.05) is 37.8 Å². The lowest BCUT2D eigenvalue weighted by molar-refractivity contribution is -0.134. The highest BCUT2D eigenvalue weighted by Crippen LogP contribution is 2.28. The van der Waals surface area contributed by atoms with E-state index in [0.717, 1.165) is 49.0 Å². The fourth-order valence-electron chi connectivity index (χ4n) is 5.16. The molecule has 31 heavy (non-hydrogen) atoms. The maximum absolute atomic E-state index is 13.1. The maximum atomic E-state index is 13.1. The first kappa shape index (κ1) is 20.2. The number of nitrogens with zero attached hydrogens (tertiary/aromatic N) is 2. The standard InChI is InChI=1S/C25H30N4O2/c30-23-21-11-4-5-12-22(21)26-25(27-23)29-15-13-28(14-16-29)24(31)20-10-6-9-19(17-20)18-7-2-1-3-8-18/h1-3,6-10,17,21-22,25-26H,4-5,11-16H2,(H,27,30). The Morgan fingerprint density at radius 2 is 1.61 bits per heavy atom. The van der Waals surface area contributed by atoms with E-state index in [-0.39, 0.29) is 30.1 Å². The van der Waals surface area contributed by atoms with Crippen LogP contribution in [0.3, 0.4) is 0 Å². The molecule has 2 aromatic carbocycles. The summed E-state index contributed by atoms with van der Waals surface area (Å²) in [6.07, 6.45) is 4.28. The summed E-state index contributed by atoms with van der Waals surface area (Å²) in [6.45, 7) is 2.83. The zero-order valence-electron chi connectivity index (χ0n) is 17.8. The first-order chi connectivity index (χ1) is 15.2. The molecule has 2 amide bonds. The molecule has 3 fully saturated rings. The second kappa shape index (κ2) is 8.81. The molecule has 2 saturated heterocycles. The summed E-state index contributed by atoms with van der Waals surface area (Å²) < 4.78 is 0. The first-order valence-corrected chi connectivity index (χ1v) is 11.4. The summed E-state index contributed by atoms with van der Waals surface area (Å²) in [5.41, 5.74) is 2.90. The van der Waals surface area contributed by atoms with E-state index in [0.29, 0.717) is 13.1 Å². The van der Waals surface area contributed by atoms with Gasteiger partial charge >= 0.3 is 0 Å². The Bertz CT molecular complexity index is 940. The zero-order valence-corrected chi connectivity index (χ0v) is 17.8. The van der Waals surface area contributed by atoms with Gasteiger partial charge in [-0.05, 0) is 36.1 Å². The number of hydrogen-bond acceptors (Lipinski definition) is 4. The molecule has 6 heteroatoms.